The molecule has 7 nitrogen and oxygen atoms in total. The molecule has 3 aromatic rings. The Labute approximate surface area is 168 Å². The van der Waals surface area contributed by atoms with Crippen LogP contribution < -0.4 is 5.32 Å². The molecular weight excluding hydrogens is 404 g/mol. The SMILES string of the molecule is O=C(CCn1nc(C(F)(F)F)cc1C1CC1)Nc1ncn(Cc2ccccc2F)n1. The largest absolute Gasteiger partial charge is 0.435 e. The highest BCUT2D eigenvalue weighted by molar-refractivity contribution is 5.88. The van der Waals surface area contributed by atoms with Gasteiger partial charge in [0.15, 0.2) is 5.69 Å². The summed E-state index contributed by atoms with van der Waals surface area (Å²) in [5.41, 5.74) is -0.0205. The van der Waals surface area contributed by atoms with E-state index in [9.17, 15) is 22.4 Å². The van der Waals surface area contributed by atoms with Crippen LogP contribution in [-0.4, -0.2) is 30.5 Å². The molecule has 0 radical (unpaired) electrons. The summed E-state index contributed by atoms with van der Waals surface area (Å²) in [6, 6.07) is 7.29. The van der Waals surface area contributed by atoms with Gasteiger partial charge in [0.25, 0.3) is 0 Å². The molecule has 1 fully saturated rings. The van der Waals surface area contributed by atoms with Crippen LogP contribution in [-0.2, 0) is 24.1 Å². The number of benzene rings is 1. The van der Waals surface area contributed by atoms with E-state index in [2.05, 4.69) is 20.5 Å². The maximum absolute atomic E-state index is 13.7. The topological polar surface area (TPSA) is 77.6 Å². The second-order valence-corrected chi connectivity index (χ2v) is 7.10. The monoisotopic (exact) mass is 422 g/mol. The smallest absolute Gasteiger partial charge is 0.293 e. The van der Waals surface area contributed by atoms with Gasteiger partial charge < -0.3 is 0 Å². The fourth-order valence-corrected chi connectivity index (χ4v) is 3.08. The Morgan fingerprint density at radius 1 is 1.20 bits per heavy atom. The van der Waals surface area contributed by atoms with Crippen LogP contribution in [0, 0.1) is 5.82 Å². The Bertz CT molecular complexity index is 1050. The Morgan fingerprint density at radius 3 is 2.67 bits per heavy atom. The number of nitrogens with one attached hydrogen (secondary N) is 1. The molecule has 1 aromatic carbocycles. The molecule has 0 spiro atoms. The van der Waals surface area contributed by atoms with Crippen LogP contribution in [0.4, 0.5) is 23.5 Å². The summed E-state index contributed by atoms with van der Waals surface area (Å²) in [5.74, 6) is -0.727. The van der Waals surface area contributed by atoms with Crippen LogP contribution in [0.25, 0.3) is 0 Å². The lowest BCUT2D eigenvalue weighted by Gasteiger charge is -2.06. The average molecular weight is 422 g/mol. The molecule has 158 valence electrons. The van der Waals surface area contributed by atoms with Gasteiger partial charge in [0.05, 0.1) is 13.1 Å². The fourth-order valence-electron chi connectivity index (χ4n) is 3.08. The number of aryl methyl sites for hydroxylation is 1. The van der Waals surface area contributed by atoms with Crippen LogP contribution in [0.3, 0.4) is 0 Å². The van der Waals surface area contributed by atoms with Crippen LogP contribution in [0.1, 0.15) is 42.1 Å². The third-order valence-electron chi connectivity index (χ3n) is 4.73. The van der Waals surface area contributed by atoms with E-state index in [1.807, 2.05) is 0 Å². The van der Waals surface area contributed by atoms with Crippen molar-refractivity contribution in [3.05, 3.63) is 59.4 Å². The maximum Gasteiger partial charge on any atom is 0.435 e. The van der Waals surface area contributed by atoms with E-state index in [0.29, 0.717) is 11.3 Å². The standard InChI is InChI=1S/C19H18F4N6O/c20-14-4-2-1-3-13(14)10-28-11-24-18(27-28)25-17(30)7-8-29-15(12-5-6-12)9-16(26-29)19(21,22)23/h1-4,9,11-12H,5-8,10H2,(H,25,27,30). The quantitative estimate of drug-likeness (QED) is 0.591. The number of hydrogen-bond donors (Lipinski definition) is 1. The van der Waals surface area contributed by atoms with Gasteiger partial charge in [-0.15, -0.1) is 5.10 Å². The normalized spacial score (nSPS) is 14.1. The predicted octanol–water partition coefficient (Wildman–Crippen LogP) is 3.59. The molecule has 0 saturated heterocycles. The summed E-state index contributed by atoms with van der Waals surface area (Å²) in [6.07, 6.45) is -1.61. The molecular formula is C19H18F4N6O. The molecule has 1 saturated carbocycles. The van der Waals surface area contributed by atoms with E-state index in [0.717, 1.165) is 18.9 Å². The van der Waals surface area contributed by atoms with E-state index >= 15 is 0 Å². The molecule has 1 aliphatic rings. The Kier molecular flexibility index (Phi) is 5.27. The summed E-state index contributed by atoms with van der Waals surface area (Å²) in [5, 5.41) is 10.2. The summed E-state index contributed by atoms with van der Waals surface area (Å²) in [6.45, 7) is 0.164. The first-order valence-corrected chi connectivity index (χ1v) is 9.37. The molecule has 1 amide bonds. The zero-order valence-electron chi connectivity index (χ0n) is 15.7. The number of alkyl halides is 3. The number of carbonyl (C=O) groups is 1. The lowest BCUT2D eigenvalue weighted by molar-refractivity contribution is -0.141. The highest BCUT2D eigenvalue weighted by Gasteiger charge is 2.37. The lowest BCUT2D eigenvalue weighted by Crippen LogP contribution is -2.17. The van der Waals surface area contributed by atoms with Crippen molar-refractivity contribution in [2.24, 2.45) is 0 Å². The van der Waals surface area contributed by atoms with Gasteiger partial charge in [0.1, 0.15) is 12.1 Å². The summed E-state index contributed by atoms with van der Waals surface area (Å²) in [4.78, 5) is 16.1. The highest BCUT2D eigenvalue weighted by Crippen LogP contribution is 2.42. The van der Waals surface area contributed by atoms with E-state index in [1.54, 1.807) is 18.2 Å². The number of rotatable bonds is 7. The van der Waals surface area contributed by atoms with Gasteiger partial charge in [-0.25, -0.2) is 14.1 Å². The van der Waals surface area contributed by atoms with Gasteiger partial charge in [-0.3, -0.25) is 14.8 Å². The average Bonchev–Trinajstić information content (AvgIpc) is 3.28. The predicted molar refractivity (Wildman–Crippen MR) is 98.0 cm³/mol. The minimum atomic E-state index is -4.52. The number of aromatic nitrogens is 5. The first-order valence-electron chi connectivity index (χ1n) is 9.37. The Balaban J connectivity index is 1.35. The molecule has 0 bridgehead atoms. The Morgan fingerprint density at radius 2 is 1.97 bits per heavy atom. The summed E-state index contributed by atoms with van der Waals surface area (Å²) < 4.78 is 55.2. The summed E-state index contributed by atoms with van der Waals surface area (Å²) in [7, 11) is 0. The molecule has 0 unspecified atom stereocenters. The number of carbonyl (C=O) groups excluding carboxylic acids is 1. The Hall–Kier alpha value is -3.24. The van der Waals surface area contributed by atoms with Gasteiger partial charge in [0.2, 0.25) is 11.9 Å². The number of amides is 1. The first-order chi connectivity index (χ1) is 14.3. The second-order valence-electron chi connectivity index (χ2n) is 7.10. The van der Waals surface area contributed by atoms with Crippen molar-refractivity contribution in [3.63, 3.8) is 0 Å². The van der Waals surface area contributed by atoms with Crippen molar-refractivity contribution in [1.29, 1.82) is 0 Å². The number of hydrogen-bond acceptors (Lipinski definition) is 4. The van der Waals surface area contributed by atoms with Crippen molar-refractivity contribution in [3.8, 4) is 0 Å². The van der Waals surface area contributed by atoms with Gasteiger partial charge in [-0.1, -0.05) is 18.2 Å². The van der Waals surface area contributed by atoms with Gasteiger partial charge in [-0.2, -0.15) is 18.3 Å². The van der Waals surface area contributed by atoms with Crippen molar-refractivity contribution < 1.29 is 22.4 Å². The van der Waals surface area contributed by atoms with Gasteiger partial charge in [0, 0.05) is 23.6 Å². The fraction of sp³-hybridized carbons (Fsp3) is 0.368. The minimum Gasteiger partial charge on any atom is -0.293 e. The van der Waals surface area contributed by atoms with Crippen molar-refractivity contribution in [2.75, 3.05) is 5.32 Å². The molecule has 0 aliphatic heterocycles. The molecule has 2 aromatic heterocycles. The molecule has 2 heterocycles. The summed E-state index contributed by atoms with van der Waals surface area (Å²) >= 11 is 0. The molecule has 1 aliphatic carbocycles. The molecule has 4 rings (SSSR count). The van der Waals surface area contributed by atoms with E-state index in [4.69, 9.17) is 0 Å². The van der Waals surface area contributed by atoms with Crippen molar-refractivity contribution in [1.82, 2.24) is 24.5 Å². The zero-order valence-corrected chi connectivity index (χ0v) is 15.7. The number of anilines is 1. The van der Waals surface area contributed by atoms with Crippen LogP contribution >= 0.6 is 0 Å². The van der Waals surface area contributed by atoms with Gasteiger partial charge >= 0.3 is 6.18 Å². The molecule has 11 heteroatoms. The molecule has 0 atom stereocenters. The highest BCUT2D eigenvalue weighted by atomic mass is 19.4. The van der Waals surface area contributed by atoms with Crippen LogP contribution in [0.15, 0.2) is 36.7 Å². The third kappa shape index (κ3) is 4.66. The maximum atomic E-state index is 13.7. The molecule has 1 N–H and O–H groups in total. The first kappa shape index (κ1) is 20.0. The van der Waals surface area contributed by atoms with E-state index in [-0.39, 0.29) is 37.2 Å². The van der Waals surface area contributed by atoms with Crippen molar-refractivity contribution in [2.45, 2.75) is 44.4 Å². The van der Waals surface area contributed by atoms with Crippen LogP contribution in [0.5, 0.6) is 0 Å². The number of nitrogens with zero attached hydrogens (tertiary/aromatic N) is 5. The lowest BCUT2D eigenvalue weighted by atomic mass is 10.2. The molecule has 30 heavy (non-hydrogen) atoms. The second kappa shape index (κ2) is 7.88. The van der Waals surface area contributed by atoms with Crippen LogP contribution in [0.2, 0.25) is 0 Å². The van der Waals surface area contributed by atoms with Gasteiger partial charge in [-0.05, 0) is 25.0 Å². The van der Waals surface area contributed by atoms with Crippen molar-refractivity contribution >= 4 is 11.9 Å². The number of halogens is 4. The zero-order chi connectivity index (χ0) is 21.3. The van der Waals surface area contributed by atoms with E-state index in [1.165, 1.54) is 21.8 Å². The third-order valence-corrected chi connectivity index (χ3v) is 4.73. The van der Waals surface area contributed by atoms with E-state index < -0.39 is 17.8 Å². The minimum absolute atomic E-state index is 0.0175.